The maximum Gasteiger partial charge on any atom is 0.311 e. The molecule has 2 aliphatic rings. The molecule has 0 spiro atoms. The molecule has 1 saturated carbocycles. The van der Waals surface area contributed by atoms with Crippen LogP contribution in [0, 0.1) is 5.92 Å². The molecule has 2 fully saturated rings. The molecule has 0 unspecified atom stereocenters. The minimum Gasteiger partial charge on any atom is -0.425 e. The van der Waals surface area contributed by atoms with E-state index in [1.165, 1.54) is 38.5 Å². The van der Waals surface area contributed by atoms with Gasteiger partial charge in [-0.15, -0.1) is 0 Å². The van der Waals surface area contributed by atoms with E-state index >= 15 is 0 Å². The van der Waals surface area contributed by atoms with E-state index in [1.54, 1.807) is 24.3 Å². The number of amides is 2. The van der Waals surface area contributed by atoms with Crippen LogP contribution in [0.2, 0.25) is 5.02 Å². The molecule has 3 rings (SSSR count). The Hall–Kier alpha value is -1.79. The first-order valence-corrected chi connectivity index (χ1v) is 11.0. The summed E-state index contributed by atoms with van der Waals surface area (Å²) in [6.45, 7) is 0. The molecule has 0 atom stereocenters. The number of benzene rings is 1. The first-order valence-electron chi connectivity index (χ1n) is 9.76. The number of hydrogen-bond acceptors (Lipinski definition) is 5. The number of carbonyl (C=O) groups is 3. The van der Waals surface area contributed by atoms with Crippen molar-refractivity contribution < 1.29 is 19.1 Å². The Morgan fingerprint density at radius 2 is 2.00 bits per heavy atom. The third-order valence-corrected chi connectivity index (χ3v) is 6.19. The summed E-state index contributed by atoms with van der Waals surface area (Å²) in [6.07, 6.45) is 11.8. The van der Waals surface area contributed by atoms with Crippen molar-refractivity contribution in [2.75, 3.05) is 0 Å². The Morgan fingerprint density at radius 3 is 2.68 bits per heavy atom. The molecular formula is C21H24ClNO4S. The van der Waals surface area contributed by atoms with Crippen molar-refractivity contribution in [3.8, 4) is 5.75 Å². The van der Waals surface area contributed by atoms with Crippen LogP contribution < -0.4 is 10.1 Å². The smallest absolute Gasteiger partial charge is 0.311 e. The third kappa shape index (κ3) is 6.11. The summed E-state index contributed by atoms with van der Waals surface area (Å²) in [5.41, 5.74) is 0.657. The van der Waals surface area contributed by atoms with Crippen molar-refractivity contribution in [1.82, 2.24) is 5.32 Å². The fourth-order valence-electron chi connectivity index (χ4n) is 3.61. The zero-order valence-corrected chi connectivity index (χ0v) is 17.2. The zero-order chi connectivity index (χ0) is 19.9. The highest BCUT2D eigenvalue weighted by molar-refractivity contribution is 8.18. The second-order valence-electron chi connectivity index (χ2n) is 7.27. The van der Waals surface area contributed by atoms with Crippen LogP contribution in [0.25, 0.3) is 6.08 Å². The molecule has 2 amide bonds. The van der Waals surface area contributed by atoms with E-state index in [-0.39, 0.29) is 5.97 Å². The molecule has 1 aromatic carbocycles. The number of halogens is 1. The Labute approximate surface area is 174 Å². The van der Waals surface area contributed by atoms with Crippen molar-refractivity contribution in [2.45, 2.75) is 57.8 Å². The summed E-state index contributed by atoms with van der Waals surface area (Å²) >= 11 is 7.05. The summed E-state index contributed by atoms with van der Waals surface area (Å²) in [5, 5.41) is 2.10. The van der Waals surface area contributed by atoms with E-state index in [4.69, 9.17) is 16.3 Å². The number of ether oxygens (including phenoxy) is 1. The molecule has 0 radical (unpaired) electrons. The van der Waals surface area contributed by atoms with Crippen molar-refractivity contribution in [3.05, 3.63) is 33.7 Å². The van der Waals surface area contributed by atoms with Crippen LogP contribution in [0.1, 0.15) is 63.4 Å². The number of imide groups is 1. The Bertz CT molecular complexity index is 787. The highest BCUT2D eigenvalue weighted by Crippen LogP contribution is 2.31. The molecule has 28 heavy (non-hydrogen) atoms. The van der Waals surface area contributed by atoms with Crippen LogP contribution in [0.3, 0.4) is 0 Å². The van der Waals surface area contributed by atoms with Crippen LogP contribution in [-0.4, -0.2) is 17.1 Å². The van der Waals surface area contributed by atoms with Crippen LogP contribution in [0.5, 0.6) is 5.75 Å². The largest absolute Gasteiger partial charge is 0.425 e. The highest BCUT2D eigenvalue weighted by atomic mass is 35.5. The van der Waals surface area contributed by atoms with Gasteiger partial charge < -0.3 is 4.74 Å². The van der Waals surface area contributed by atoms with Gasteiger partial charge in [-0.1, -0.05) is 62.6 Å². The summed E-state index contributed by atoms with van der Waals surface area (Å²) in [5.74, 6) is 0.430. The molecule has 1 saturated heterocycles. The molecule has 7 heteroatoms. The molecule has 5 nitrogen and oxygen atoms in total. The van der Waals surface area contributed by atoms with E-state index in [0.717, 1.165) is 30.5 Å². The summed E-state index contributed by atoms with van der Waals surface area (Å²) in [4.78, 5) is 35.2. The molecule has 1 N–H and O–H groups in total. The number of thioether (sulfide) groups is 1. The summed E-state index contributed by atoms with van der Waals surface area (Å²) < 4.78 is 5.37. The van der Waals surface area contributed by atoms with E-state index in [0.29, 0.717) is 27.7 Å². The number of unbranched alkanes of at least 4 members (excludes halogenated alkanes) is 1. The molecule has 0 aromatic heterocycles. The fraction of sp³-hybridized carbons (Fsp3) is 0.476. The Morgan fingerprint density at radius 1 is 1.21 bits per heavy atom. The first-order chi connectivity index (χ1) is 13.5. The fourth-order valence-corrected chi connectivity index (χ4v) is 4.52. The van der Waals surface area contributed by atoms with Crippen molar-refractivity contribution in [2.24, 2.45) is 5.92 Å². The van der Waals surface area contributed by atoms with Gasteiger partial charge in [0.15, 0.2) is 0 Å². The van der Waals surface area contributed by atoms with Gasteiger partial charge in [-0.2, -0.15) is 0 Å². The Balaban J connectivity index is 1.46. The maximum absolute atomic E-state index is 12.1. The number of rotatable bonds is 7. The van der Waals surface area contributed by atoms with Gasteiger partial charge in [0.25, 0.3) is 11.1 Å². The van der Waals surface area contributed by atoms with E-state index in [2.05, 4.69) is 5.32 Å². The number of hydrogen-bond donors (Lipinski definition) is 1. The second-order valence-corrected chi connectivity index (χ2v) is 8.69. The van der Waals surface area contributed by atoms with Gasteiger partial charge in [-0.25, -0.2) is 0 Å². The topological polar surface area (TPSA) is 72.5 Å². The average molecular weight is 422 g/mol. The number of nitrogens with one attached hydrogen (secondary N) is 1. The SMILES string of the molecule is O=C(CCCCC1CCCCC1)Oc1ccc(C=C2SC(=O)NC2=O)cc1Cl. The minimum absolute atomic E-state index is 0.284. The van der Waals surface area contributed by atoms with Gasteiger partial charge in [0.05, 0.1) is 9.93 Å². The van der Waals surface area contributed by atoms with Gasteiger partial charge in [0, 0.05) is 6.42 Å². The molecule has 1 aliphatic heterocycles. The molecule has 1 heterocycles. The van der Waals surface area contributed by atoms with Crippen LogP contribution in [-0.2, 0) is 9.59 Å². The standard InChI is InChI=1S/C21H24ClNO4S/c22-16-12-15(13-18-20(25)23-21(26)28-18)10-11-17(16)27-19(24)9-5-4-8-14-6-2-1-3-7-14/h10-14H,1-9H2,(H,23,25,26). The third-order valence-electron chi connectivity index (χ3n) is 5.09. The van der Waals surface area contributed by atoms with E-state index in [9.17, 15) is 14.4 Å². The molecule has 150 valence electrons. The van der Waals surface area contributed by atoms with Crippen molar-refractivity contribution in [3.63, 3.8) is 0 Å². The van der Waals surface area contributed by atoms with E-state index in [1.807, 2.05) is 0 Å². The predicted molar refractivity (Wildman–Crippen MR) is 111 cm³/mol. The lowest BCUT2D eigenvalue weighted by Gasteiger charge is -2.21. The molecule has 0 bridgehead atoms. The lowest BCUT2D eigenvalue weighted by atomic mass is 9.86. The maximum atomic E-state index is 12.1. The highest BCUT2D eigenvalue weighted by Gasteiger charge is 2.25. The first kappa shape index (κ1) is 20.9. The normalized spacial score (nSPS) is 19.1. The second kappa shape index (κ2) is 10.1. The monoisotopic (exact) mass is 421 g/mol. The number of esters is 1. The Kier molecular flexibility index (Phi) is 7.57. The summed E-state index contributed by atoms with van der Waals surface area (Å²) in [6, 6.07) is 4.91. The van der Waals surface area contributed by atoms with E-state index < -0.39 is 11.1 Å². The van der Waals surface area contributed by atoms with Gasteiger partial charge in [-0.3, -0.25) is 19.7 Å². The van der Waals surface area contributed by atoms with Crippen LogP contribution in [0.4, 0.5) is 4.79 Å². The quantitative estimate of drug-likeness (QED) is 0.264. The molecular weight excluding hydrogens is 398 g/mol. The number of carbonyl (C=O) groups excluding carboxylic acids is 3. The van der Waals surface area contributed by atoms with Crippen molar-refractivity contribution in [1.29, 1.82) is 0 Å². The van der Waals surface area contributed by atoms with Crippen molar-refractivity contribution >= 4 is 46.6 Å². The average Bonchev–Trinajstić information content (AvgIpc) is 2.99. The lowest BCUT2D eigenvalue weighted by molar-refractivity contribution is -0.134. The summed E-state index contributed by atoms with van der Waals surface area (Å²) in [7, 11) is 0. The van der Waals surface area contributed by atoms with Crippen LogP contribution >= 0.6 is 23.4 Å². The van der Waals surface area contributed by atoms with Crippen LogP contribution in [0.15, 0.2) is 23.1 Å². The lowest BCUT2D eigenvalue weighted by Crippen LogP contribution is -2.17. The van der Waals surface area contributed by atoms with Gasteiger partial charge in [-0.05, 0) is 47.9 Å². The molecule has 1 aliphatic carbocycles. The predicted octanol–water partition coefficient (Wildman–Crippen LogP) is 5.71. The van der Waals surface area contributed by atoms with Gasteiger partial charge >= 0.3 is 5.97 Å². The van der Waals surface area contributed by atoms with Gasteiger partial charge in [0.2, 0.25) is 0 Å². The zero-order valence-electron chi connectivity index (χ0n) is 15.7. The molecule has 1 aromatic rings. The minimum atomic E-state index is -0.421. The van der Waals surface area contributed by atoms with Gasteiger partial charge in [0.1, 0.15) is 5.75 Å².